The molecule has 1 heterocycles. The van der Waals surface area contributed by atoms with Crippen LogP contribution in [-0.2, 0) is 20.9 Å². The first-order valence-electron chi connectivity index (χ1n) is 9.76. The number of nitrogens with zero attached hydrogens (tertiary/aromatic N) is 1. The second-order valence-corrected chi connectivity index (χ2v) is 6.93. The first-order valence-corrected chi connectivity index (χ1v) is 9.76. The summed E-state index contributed by atoms with van der Waals surface area (Å²) in [5, 5.41) is 6.14. The van der Waals surface area contributed by atoms with Gasteiger partial charge in [0, 0.05) is 25.9 Å². The average Bonchev–Trinajstić information content (AvgIpc) is 2.78. The van der Waals surface area contributed by atoms with Gasteiger partial charge in [0.05, 0.1) is 13.2 Å². The molecule has 3 rings (SSSR count). The average molecular weight is 409 g/mol. The number of anilines is 1. The smallest absolute Gasteiger partial charge is 0.258 e. The molecule has 0 bridgehead atoms. The molecule has 0 aliphatic carbocycles. The van der Waals surface area contributed by atoms with E-state index in [1.165, 1.54) is 7.11 Å². The summed E-state index contributed by atoms with van der Waals surface area (Å²) in [6.07, 6.45) is 0.967. The number of nitrogens with one attached hydrogen (secondary N) is 2. The summed E-state index contributed by atoms with van der Waals surface area (Å²) in [5.74, 6) is 0.293. The van der Waals surface area contributed by atoms with Gasteiger partial charge in [0.2, 0.25) is 5.91 Å². The molecule has 1 fully saturated rings. The van der Waals surface area contributed by atoms with Crippen molar-refractivity contribution in [2.45, 2.75) is 24.7 Å². The largest absolute Gasteiger partial charge is 0.497 e. The lowest BCUT2D eigenvalue weighted by Crippen LogP contribution is -2.74. The van der Waals surface area contributed by atoms with Crippen LogP contribution in [0.1, 0.15) is 5.56 Å². The Morgan fingerprint density at radius 2 is 1.87 bits per heavy atom. The molecule has 0 saturated carbocycles. The maximum atomic E-state index is 13.1. The van der Waals surface area contributed by atoms with E-state index >= 15 is 0 Å². The van der Waals surface area contributed by atoms with Crippen LogP contribution in [0.4, 0.5) is 5.69 Å². The van der Waals surface area contributed by atoms with E-state index in [1.807, 2.05) is 30.3 Å². The summed E-state index contributed by atoms with van der Waals surface area (Å²) in [4.78, 5) is 27.4. The van der Waals surface area contributed by atoms with Crippen molar-refractivity contribution in [3.63, 3.8) is 0 Å². The highest BCUT2D eigenvalue weighted by Crippen LogP contribution is 2.33. The predicted molar refractivity (Wildman–Crippen MR) is 115 cm³/mol. The Hall–Kier alpha value is -3.16. The third-order valence-electron chi connectivity index (χ3n) is 5.11. The molecular weight excluding hydrogens is 382 g/mol. The van der Waals surface area contributed by atoms with Gasteiger partial charge in [-0.05, 0) is 29.8 Å². The van der Waals surface area contributed by atoms with Crippen LogP contribution < -0.4 is 20.3 Å². The van der Waals surface area contributed by atoms with Gasteiger partial charge in [-0.1, -0.05) is 36.4 Å². The lowest BCUT2D eigenvalue weighted by atomic mass is 9.89. The summed E-state index contributed by atoms with van der Waals surface area (Å²) in [5.41, 5.74) is 1.67. The number of hydrogen-bond acceptors (Lipinski definition) is 5. The molecule has 2 aromatic carbocycles. The minimum Gasteiger partial charge on any atom is -0.497 e. The molecule has 0 spiro atoms. The fourth-order valence-corrected chi connectivity index (χ4v) is 3.56. The van der Waals surface area contributed by atoms with E-state index in [0.717, 1.165) is 5.56 Å². The van der Waals surface area contributed by atoms with Crippen molar-refractivity contribution in [2.75, 3.05) is 25.7 Å². The van der Waals surface area contributed by atoms with Gasteiger partial charge in [-0.2, -0.15) is 0 Å². The van der Waals surface area contributed by atoms with E-state index in [1.54, 1.807) is 42.4 Å². The molecule has 1 aliphatic heterocycles. The molecule has 7 heteroatoms. The number of hydrogen-bond donors (Lipinski definition) is 2. The molecule has 1 saturated heterocycles. The summed E-state index contributed by atoms with van der Waals surface area (Å²) in [6.45, 7) is 4.53. The predicted octanol–water partition coefficient (Wildman–Crippen LogP) is 1.89. The molecule has 2 N–H and O–H groups in total. The topological polar surface area (TPSA) is 79.9 Å². The Kier molecular flexibility index (Phi) is 7.21. The highest BCUT2D eigenvalue weighted by Gasteiger charge is 2.54. The zero-order chi connectivity index (χ0) is 21.5. The lowest BCUT2D eigenvalue weighted by molar-refractivity contribution is -0.142. The van der Waals surface area contributed by atoms with Crippen molar-refractivity contribution in [1.29, 1.82) is 0 Å². The molecule has 0 unspecified atom stereocenters. The zero-order valence-corrected chi connectivity index (χ0v) is 17.2. The lowest BCUT2D eigenvalue weighted by Gasteiger charge is -2.49. The normalized spacial score (nSPS) is 19.0. The maximum absolute atomic E-state index is 13.1. The van der Waals surface area contributed by atoms with E-state index in [0.29, 0.717) is 24.5 Å². The summed E-state index contributed by atoms with van der Waals surface area (Å²) < 4.78 is 10.6. The van der Waals surface area contributed by atoms with Crippen LogP contribution in [-0.4, -0.2) is 50.8 Å². The van der Waals surface area contributed by atoms with Crippen LogP contribution in [0.2, 0.25) is 0 Å². The number of benzene rings is 2. The molecule has 1 aliphatic rings. The van der Waals surface area contributed by atoms with Gasteiger partial charge in [-0.25, -0.2) is 0 Å². The van der Waals surface area contributed by atoms with Crippen molar-refractivity contribution >= 4 is 17.5 Å². The molecule has 7 nitrogen and oxygen atoms in total. The summed E-state index contributed by atoms with van der Waals surface area (Å²) >= 11 is 0. The Balaban J connectivity index is 1.81. The molecule has 0 radical (unpaired) electrons. The molecular formula is C23H27N3O4. The summed E-state index contributed by atoms with van der Waals surface area (Å²) in [7, 11) is 3.06. The number of methoxy groups -OCH3 is 2. The number of carbonyl (C=O) groups is 2. The van der Waals surface area contributed by atoms with Crippen LogP contribution in [0.25, 0.3) is 0 Å². The molecule has 2 amide bonds. The number of carbonyl (C=O) groups excluding carboxylic acids is 2. The second-order valence-electron chi connectivity index (χ2n) is 6.93. The van der Waals surface area contributed by atoms with Crippen LogP contribution >= 0.6 is 0 Å². The highest BCUT2D eigenvalue weighted by molar-refractivity contribution is 6.07. The fourth-order valence-electron chi connectivity index (χ4n) is 3.56. The quantitative estimate of drug-likeness (QED) is 0.463. The number of β-lactam (4-membered cyclic amide) rings is 1. The Morgan fingerprint density at radius 1 is 1.17 bits per heavy atom. The Labute approximate surface area is 176 Å². The molecule has 0 aromatic heterocycles. The minimum atomic E-state index is -0.711. The zero-order valence-electron chi connectivity index (χ0n) is 17.2. The van der Waals surface area contributed by atoms with Gasteiger partial charge in [0.25, 0.3) is 5.91 Å². The van der Waals surface area contributed by atoms with Crippen molar-refractivity contribution in [3.05, 3.63) is 72.8 Å². The second kappa shape index (κ2) is 10.0. The third kappa shape index (κ3) is 4.53. The van der Waals surface area contributed by atoms with Crippen LogP contribution in [0.5, 0.6) is 5.75 Å². The van der Waals surface area contributed by atoms with Crippen molar-refractivity contribution in [1.82, 2.24) is 10.6 Å². The van der Waals surface area contributed by atoms with Gasteiger partial charge >= 0.3 is 0 Å². The maximum Gasteiger partial charge on any atom is 0.258 e. The van der Waals surface area contributed by atoms with E-state index in [2.05, 4.69) is 17.2 Å². The van der Waals surface area contributed by atoms with Gasteiger partial charge < -0.3 is 25.0 Å². The highest BCUT2D eigenvalue weighted by atomic mass is 16.5. The van der Waals surface area contributed by atoms with Crippen LogP contribution in [0.3, 0.4) is 0 Å². The summed E-state index contributed by atoms with van der Waals surface area (Å²) in [6, 6.07) is 15.6. The van der Waals surface area contributed by atoms with Gasteiger partial charge in [-0.15, -0.1) is 6.58 Å². The molecule has 2 aromatic rings. The number of rotatable bonds is 10. The standard InChI is InChI=1S/C23H27N3O4/c1-4-14-24-19(22(27)25-15-16-8-6-5-7-9-16)20-21(30-3)23(28)26(20)17-10-12-18(29-2)13-11-17/h4-13,19-21,24H,1,14-15H2,2-3H3,(H,25,27)/t19-,20+,21-/m1/s1. The number of amides is 2. The van der Waals surface area contributed by atoms with E-state index in [4.69, 9.17) is 9.47 Å². The van der Waals surface area contributed by atoms with E-state index < -0.39 is 18.2 Å². The first-order chi connectivity index (χ1) is 14.6. The van der Waals surface area contributed by atoms with Crippen LogP contribution in [0.15, 0.2) is 67.3 Å². The van der Waals surface area contributed by atoms with Gasteiger partial charge in [0.1, 0.15) is 11.8 Å². The molecule has 3 atom stereocenters. The monoisotopic (exact) mass is 409 g/mol. The fraction of sp³-hybridized carbons (Fsp3) is 0.304. The molecule has 158 valence electrons. The van der Waals surface area contributed by atoms with E-state index in [-0.39, 0.29) is 11.8 Å². The third-order valence-corrected chi connectivity index (χ3v) is 5.11. The number of ether oxygens (including phenoxy) is 2. The van der Waals surface area contributed by atoms with Crippen molar-refractivity contribution < 1.29 is 19.1 Å². The van der Waals surface area contributed by atoms with Gasteiger partial charge in [-0.3, -0.25) is 9.59 Å². The first kappa shape index (κ1) is 21.5. The van der Waals surface area contributed by atoms with Crippen LogP contribution in [0, 0.1) is 0 Å². The SMILES string of the molecule is C=CCN[C@@H](C(=O)NCc1ccccc1)[C@H]1[C@@H](OC)C(=O)N1c1ccc(OC)cc1. The van der Waals surface area contributed by atoms with Crippen molar-refractivity contribution in [3.8, 4) is 5.75 Å². The van der Waals surface area contributed by atoms with Gasteiger partial charge in [0.15, 0.2) is 6.10 Å². The Bertz CT molecular complexity index is 870. The molecule has 30 heavy (non-hydrogen) atoms. The Morgan fingerprint density at radius 3 is 2.47 bits per heavy atom. The van der Waals surface area contributed by atoms with E-state index in [9.17, 15) is 9.59 Å². The minimum absolute atomic E-state index is 0.186. The van der Waals surface area contributed by atoms with Crippen molar-refractivity contribution in [2.24, 2.45) is 0 Å².